The summed E-state index contributed by atoms with van der Waals surface area (Å²) in [6.07, 6.45) is 3.48. The third-order valence-corrected chi connectivity index (χ3v) is 5.66. The van der Waals surface area contributed by atoms with E-state index in [9.17, 15) is 0 Å². The highest BCUT2D eigenvalue weighted by molar-refractivity contribution is 7.80. The van der Waals surface area contributed by atoms with Crippen LogP contribution in [0.3, 0.4) is 0 Å². The summed E-state index contributed by atoms with van der Waals surface area (Å²) in [5.74, 6) is 0.668. The number of rotatable bonds is 6. The number of likely N-dealkylation sites (tertiary alicyclic amines) is 1. The Labute approximate surface area is 163 Å². The number of hydrogen-bond donors (Lipinski definition) is 1. The molecule has 0 saturated carbocycles. The lowest BCUT2D eigenvalue weighted by Gasteiger charge is -2.41. The molecular weight excluding hydrogens is 350 g/mol. The molecule has 2 rings (SSSR count). The molecule has 0 spiro atoms. The molecule has 1 saturated heterocycles. The van der Waals surface area contributed by atoms with Gasteiger partial charge in [0.1, 0.15) is 0 Å². The fourth-order valence-corrected chi connectivity index (χ4v) is 3.84. The minimum absolute atomic E-state index is 0.510. The number of nitrogens with zero attached hydrogens (tertiary/aromatic N) is 2. The van der Waals surface area contributed by atoms with E-state index in [0.29, 0.717) is 23.0 Å². The fraction of sp³-hybridized carbons (Fsp3) is 0.650. The maximum atomic E-state index is 6.29. The molecule has 3 nitrogen and oxygen atoms in total. The SMILES string of the molecule is CC(C)CCN(C(=S)Nc1ccccc1Cl)C1CCN(C(C)C)CC1. The zero-order chi connectivity index (χ0) is 18.4. The summed E-state index contributed by atoms with van der Waals surface area (Å²) < 4.78 is 0. The van der Waals surface area contributed by atoms with E-state index < -0.39 is 0 Å². The van der Waals surface area contributed by atoms with Gasteiger partial charge in [0, 0.05) is 31.7 Å². The Kier molecular flexibility index (Phi) is 7.98. The molecule has 0 aliphatic carbocycles. The highest BCUT2D eigenvalue weighted by Crippen LogP contribution is 2.24. The number of thiocarbonyl (C=S) groups is 1. The lowest BCUT2D eigenvalue weighted by atomic mass is 10.0. The summed E-state index contributed by atoms with van der Waals surface area (Å²) in [7, 11) is 0. The van der Waals surface area contributed by atoms with Gasteiger partial charge in [0.2, 0.25) is 0 Å². The van der Waals surface area contributed by atoms with Gasteiger partial charge in [-0.2, -0.15) is 0 Å². The highest BCUT2D eigenvalue weighted by Gasteiger charge is 2.27. The molecular formula is C20H32ClN3S. The molecule has 0 aromatic heterocycles. The van der Waals surface area contributed by atoms with E-state index in [1.807, 2.05) is 24.3 Å². The number of para-hydroxylation sites is 1. The van der Waals surface area contributed by atoms with Gasteiger partial charge in [0.25, 0.3) is 0 Å². The molecule has 0 bridgehead atoms. The van der Waals surface area contributed by atoms with E-state index in [1.54, 1.807) is 0 Å². The van der Waals surface area contributed by atoms with Crippen LogP contribution in [0.25, 0.3) is 0 Å². The molecule has 1 aromatic carbocycles. The number of benzene rings is 1. The van der Waals surface area contributed by atoms with Crippen molar-refractivity contribution in [1.82, 2.24) is 9.80 Å². The summed E-state index contributed by atoms with van der Waals surface area (Å²) >= 11 is 12.1. The molecule has 1 N–H and O–H groups in total. The molecule has 140 valence electrons. The number of anilines is 1. The Morgan fingerprint density at radius 3 is 2.44 bits per heavy atom. The number of nitrogens with one attached hydrogen (secondary N) is 1. The number of piperidine rings is 1. The second-order valence-corrected chi connectivity index (χ2v) is 8.44. The van der Waals surface area contributed by atoms with Crippen molar-refractivity contribution in [3.05, 3.63) is 29.3 Å². The third-order valence-electron chi connectivity index (χ3n) is 4.99. The van der Waals surface area contributed by atoms with Crippen molar-refractivity contribution in [2.75, 3.05) is 25.0 Å². The van der Waals surface area contributed by atoms with Crippen LogP contribution in [0.4, 0.5) is 5.69 Å². The van der Waals surface area contributed by atoms with Crippen molar-refractivity contribution in [3.63, 3.8) is 0 Å². The van der Waals surface area contributed by atoms with E-state index in [1.165, 1.54) is 12.8 Å². The Balaban J connectivity index is 2.04. The molecule has 0 atom stereocenters. The molecule has 0 radical (unpaired) electrons. The number of hydrogen-bond acceptors (Lipinski definition) is 2. The van der Waals surface area contributed by atoms with E-state index in [-0.39, 0.29) is 0 Å². The first-order valence-electron chi connectivity index (χ1n) is 9.44. The van der Waals surface area contributed by atoms with Gasteiger partial charge in [-0.05, 0) is 63.4 Å². The largest absolute Gasteiger partial charge is 0.346 e. The molecule has 5 heteroatoms. The first-order chi connectivity index (χ1) is 11.9. The summed E-state index contributed by atoms with van der Waals surface area (Å²) in [5, 5.41) is 4.89. The van der Waals surface area contributed by atoms with Crippen molar-refractivity contribution >= 4 is 34.6 Å². The Morgan fingerprint density at radius 2 is 1.88 bits per heavy atom. The predicted octanol–water partition coefficient (Wildman–Crippen LogP) is 5.26. The zero-order valence-electron chi connectivity index (χ0n) is 16.0. The molecule has 0 amide bonds. The topological polar surface area (TPSA) is 18.5 Å². The second kappa shape index (κ2) is 9.75. The molecule has 1 aliphatic rings. The average Bonchev–Trinajstić information content (AvgIpc) is 2.57. The van der Waals surface area contributed by atoms with Gasteiger partial charge < -0.3 is 15.1 Å². The van der Waals surface area contributed by atoms with Crippen LogP contribution in [0.2, 0.25) is 5.02 Å². The lowest BCUT2D eigenvalue weighted by Crippen LogP contribution is -2.50. The quantitative estimate of drug-likeness (QED) is 0.677. The van der Waals surface area contributed by atoms with Crippen molar-refractivity contribution in [2.24, 2.45) is 5.92 Å². The van der Waals surface area contributed by atoms with Gasteiger partial charge in [0.15, 0.2) is 5.11 Å². The van der Waals surface area contributed by atoms with Gasteiger partial charge in [-0.1, -0.05) is 37.6 Å². The highest BCUT2D eigenvalue weighted by atomic mass is 35.5. The van der Waals surface area contributed by atoms with Gasteiger partial charge >= 0.3 is 0 Å². The first-order valence-corrected chi connectivity index (χ1v) is 10.2. The summed E-state index contributed by atoms with van der Waals surface area (Å²) in [6, 6.07) is 8.93. The molecule has 0 unspecified atom stereocenters. The van der Waals surface area contributed by atoms with Crippen LogP contribution in [0.15, 0.2) is 24.3 Å². The Morgan fingerprint density at radius 1 is 1.24 bits per heavy atom. The van der Waals surface area contributed by atoms with Crippen molar-refractivity contribution < 1.29 is 0 Å². The van der Waals surface area contributed by atoms with Crippen molar-refractivity contribution in [1.29, 1.82) is 0 Å². The summed E-state index contributed by atoms with van der Waals surface area (Å²) in [6.45, 7) is 12.4. The molecule has 1 heterocycles. The number of halogens is 1. The van der Waals surface area contributed by atoms with Gasteiger partial charge in [-0.3, -0.25) is 0 Å². The normalized spacial score (nSPS) is 16.4. The third kappa shape index (κ3) is 6.12. The van der Waals surface area contributed by atoms with Crippen LogP contribution in [-0.2, 0) is 0 Å². The maximum absolute atomic E-state index is 6.29. The lowest BCUT2D eigenvalue weighted by molar-refractivity contribution is 0.126. The average molecular weight is 382 g/mol. The monoisotopic (exact) mass is 381 g/mol. The van der Waals surface area contributed by atoms with Crippen LogP contribution >= 0.6 is 23.8 Å². The molecule has 1 aliphatic heterocycles. The van der Waals surface area contributed by atoms with Crippen LogP contribution in [-0.4, -0.2) is 46.6 Å². The van der Waals surface area contributed by atoms with Crippen LogP contribution in [0.5, 0.6) is 0 Å². The summed E-state index contributed by atoms with van der Waals surface area (Å²) in [4.78, 5) is 4.96. The van der Waals surface area contributed by atoms with E-state index in [0.717, 1.165) is 36.9 Å². The van der Waals surface area contributed by atoms with Crippen molar-refractivity contribution in [3.8, 4) is 0 Å². The van der Waals surface area contributed by atoms with Gasteiger partial charge in [-0.25, -0.2) is 0 Å². The standard InChI is InChI=1S/C20H32ClN3S/c1-15(2)9-14-24(17-10-12-23(13-11-17)16(3)4)20(25)22-19-8-6-5-7-18(19)21/h5-8,15-17H,9-14H2,1-4H3,(H,22,25). The first kappa shape index (κ1) is 20.5. The van der Waals surface area contributed by atoms with Gasteiger partial charge in [-0.15, -0.1) is 0 Å². The maximum Gasteiger partial charge on any atom is 0.173 e. The van der Waals surface area contributed by atoms with Crippen molar-refractivity contribution in [2.45, 2.75) is 59.0 Å². The minimum atomic E-state index is 0.510. The zero-order valence-corrected chi connectivity index (χ0v) is 17.5. The van der Waals surface area contributed by atoms with E-state index >= 15 is 0 Å². The molecule has 1 aromatic rings. The Bertz CT molecular complexity index is 554. The van der Waals surface area contributed by atoms with E-state index in [4.69, 9.17) is 23.8 Å². The second-order valence-electron chi connectivity index (χ2n) is 7.65. The molecule has 1 fully saturated rings. The van der Waals surface area contributed by atoms with Crippen LogP contribution < -0.4 is 5.32 Å². The predicted molar refractivity (Wildman–Crippen MR) is 114 cm³/mol. The molecule has 25 heavy (non-hydrogen) atoms. The van der Waals surface area contributed by atoms with Crippen LogP contribution in [0.1, 0.15) is 47.0 Å². The fourth-order valence-electron chi connectivity index (χ4n) is 3.31. The smallest absolute Gasteiger partial charge is 0.173 e. The minimum Gasteiger partial charge on any atom is -0.346 e. The van der Waals surface area contributed by atoms with Crippen LogP contribution in [0, 0.1) is 5.92 Å². The van der Waals surface area contributed by atoms with E-state index in [2.05, 4.69) is 42.8 Å². The Hall–Kier alpha value is -0.840. The summed E-state index contributed by atoms with van der Waals surface area (Å²) in [5.41, 5.74) is 0.892. The van der Waals surface area contributed by atoms with Gasteiger partial charge in [0.05, 0.1) is 10.7 Å².